The molecule has 1 aliphatic carbocycles. The van der Waals surface area contributed by atoms with Crippen molar-refractivity contribution < 1.29 is 10.0 Å². The predicted octanol–water partition coefficient (Wildman–Crippen LogP) is 1.69. The van der Waals surface area contributed by atoms with Crippen molar-refractivity contribution in [2.75, 3.05) is 6.54 Å². The van der Waals surface area contributed by atoms with E-state index in [1.807, 2.05) is 0 Å². The van der Waals surface area contributed by atoms with Gasteiger partial charge in [0.05, 0.1) is 6.04 Å². The monoisotopic (exact) mass is 253 g/mol. The number of oxime groups is 1. The summed E-state index contributed by atoms with van der Waals surface area (Å²) in [5.41, 5.74) is 5.63. The van der Waals surface area contributed by atoms with Crippen molar-refractivity contribution >= 4 is 11.7 Å². The van der Waals surface area contributed by atoms with E-state index >= 15 is 0 Å². The molecule has 1 amide bonds. The number of carbonyl (C=O) groups is 1. The lowest BCUT2D eigenvalue weighted by Gasteiger charge is -2.24. The standard InChI is InChI=1S/C13H23N3O2/c14-13(15-18)11-6-3-9-16(11)12(17)8-7-10-4-1-2-5-10/h10-11,18H,1-9H2,(H2,14,15). The van der Waals surface area contributed by atoms with Gasteiger partial charge in [0.2, 0.25) is 5.91 Å². The van der Waals surface area contributed by atoms with Gasteiger partial charge in [0.1, 0.15) is 0 Å². The lowest BCUT2D eigenvalue weighted by atomic mass is 10.0. The van der Waals surface area contributed by atoms with Gasteiger partial charge >= 0.3 is 0 Å². The number of nitrogens with zero attached hydrogens (tertiary/aromatic N) is 2. The summed E-state index contributed by atoms with van der Waals surface area (Å²) < 4.78 is 0. The summed E-state index contributed by atoms with van der Waals surface area (Å²) in [5, 5.41) is 11.8. The molecule has 1 aliphatic heterocycles. The quantitative estimate of drug-likeness (QED) is 0.346. The molecule has 5 nitrogen and oxygen atoms in total. The van der Waals surface area contributed by atoms with Crippen LogP contribution in [0.2, 0.25) is 0 Å². The molecule has 3 N–H and O–H groups in total. The minimum Gasteiger partial charge on any atom is -0.409 e. The maximum absolute atomic E-state index is 12.2. The molecule has 0 aromatic carbocycles. The molecule has 5 heteroatoms. The van der Waals surface area contributed by atoms with Crippen LogP contribution in [0.5, 0.6) is 0 Å². The van der Waals surface area contributed by atoms with E-state index in [4.69, 9.17) is 10.9 Å². The molecule has 1 saturated heterocycles. The van der Waals surface area contributed by atoms with Crippen molar-refractivity contribution in [1.82, 2.24) is 4.90 Å². The van der Waals surface area contributed by atoms with Crippen LogP contribution in [0.4, 0.5) is 0 Å². The summed E-state index contributed by atoms with van der Waals surface area (Å²) in [6.45, 7) is 0.740. The van der Waals surface area contributed by atoms with Crippen LogP contribution < -0.4 is 5.73 Å². The Bertz CT molecular complexity index is 324. The van der Waals surface area contributed by atoms with Gasteiger partial charge in [-0.05, 0) is 25.2 Å². The molecule has 2 rings (SSSR count). The Morgan fingerprint density at radius 2 is 2.00 bits per heavy atom. The van der Waals surface area contributed by atoms with Crippen LogP contribution in [0.25, 0.3) is 0 Å². The number of amides is 1. The molecule has 0 radical (unpaired) electrons. The highest BCUT2D eigenvalue weighted by Crippen LogP contribution is 2.29. The fourth-order valence-corrected chi connectivity index (χ4v) is 3.21. The number of rotatable bonds is 4. The van der Waals surface area contributed by atoms with E-state index < -0.39 is 0 Å². The van der Waals surface area contributed by atoms with Gasteiger partial charge in [0.15, 0.2) is 5.84 Å². The molecule has 18 heavy (non-hydrogen) atoms. The normalized spacial score (nSPS) is 25.9. The Morgan fingerprint density at radius 1 is 1.28 bits per heavy atom. The summed E-state index contributed by atoms with van der Waals surface area (Å²) in [4.78, 5) is 13.9. The summed E-state index contributed by atoms with van der Waals surface area (Å²) in [6, 6.07) is -0.189. The van der Waals surface area contributed by atoms with Crippen molar-refractivity contribution in [3.63, 3.8) is 0 Å². The largest absolute Gasteiger partial charge is 0.409 e. The van der Waals surface area contributed by atoms with Crippen molar-refractivity contribution in [2.45, 2.75) is 57.4 Å². The highest BCUT2D eigenvalue weighted by molar-refractivity contribution is 5.90. The average molecular weight is 253 g/mol. The number of hydrogen-bond donors (Lipinski definition) is 2. The first-order valence-corrected chi connectivity index (χ1v) is 6.99. The Labute approximate surface area is 108 Å². The van der Waals surface area contributed by atoms with E-state index in [1.165, 1.54) is 25.7 Å². The van der Waals surface area contributed by atoms with Crippen LogP contribution in [0.15, 0.2) is 5.16 Å². The number of carbonyl (C=O) groups excluding carboxylic acids is 1. The first-order valence-electron chi connectivity index (χ1n) is 6.99. The number of amidine groups is 1. The summed E-state index contributed by atoms with van der Waals surface area (Å²) in [6.07, 6.45) is 8.54. The number of hydrogen-bond acceptors (Lipinski definition) is 3. The summed E-state index contributed by atoms with van der Waals surface area (Å²) in [5.74, 6) is 1.07. The van der Waals surface area contributed by atoms with Crippen LogP contribution >= 0.6 is 0 Å². The van der Waals surface area contributed by atoms with Gasteiger partial charge < -0.3 is 15.8 Å². The number of nitrogens with two attached hydrogens (primary N) is 1. The zero-order chi connectivity index (χ0) is 13.0. The second-order valence-electron chi connectivity index (χ2n) is 5.46. The molecule has 0 spiro atoms. The van der Waals surface area contributed by atoms with Crippen molar-refractivity contribution in [3.8, 4) is 0 Å². The Hall–Kier alpha value is -1.26. The van der Waals surface area contributed by atoms with Crippen LogP contribution in [0, 0.1) is 5.92 Å². The molecule has 0 aromatic rings. The SMILES string of the molecule is NC(=NO)C1CCCN1C(=O)CCC1CCCC1. The van der Waals surface area contributed by atoms with Crippen LogP contribution in [0.1, 0.15) is 51.4 Å². The first kappa shape index (κ1) is 13.2. The highest BCUT2D eigenvalue weighted by atomic mass is 16.4. The first-order chi connectivity index (χ1) is 8.72. The Morgan fingerprint density at radius 3 is 2.67 bits per heavy atom. The molecular formula is C13H23N3O2. The zero-order valence-electron chi connectivity index (χ0n) is 10.8. The third-order valence-electron chi connectivity index (χ3n) is 4.27. The molecule has 2 fully saturated rings. The molecule has 0 bridgehead atoms. The Balaban J connectivity index is 1.83. The topological polar surface area (TPSA) is 78.9 Å². The fraction of sp³-hybridized carbons (Fsp3) is 0.846. The summed E-state index contributed by atoms with van der Waals surface area (Å²) >= 11 is 0. The van der Waals surface area contributed by atoms with Gasteiger partial charge in [-0.1, -0.05) is 30.8 Å². The second-order valence-corrected chi connectivity index (χ2v) is 5.46. The Kier molecular flexibility index (Phi) is 4.44. The third kappa shape index (κ3) is 2.94. The predicted molar refractivity (Wildman–Crippen MR) is 69.3 cm³/mol. The highest BCUT2D eigenvalue weighted by Gasteiger charge is 2.31. The smallest absolute Gasteiger partial charge is 0.223 e. The molecular weight excluding hydrogens is 230 g/mol. The van der Waals surface area contributed by atoms with E-state index in [0.717, 1.165) is 31.7 Å². The van der Waals surface area contributed by atoms with Crippen LogP contribution in [-0.2, 0) is 4.79 Å². The molecule has 0 aromatic heterocycles. The third-order valence-corrected chi connectivity index (χ3v) is 4.27. The minimum atomic E-state index is -0.189. The van der Waals surface area contributed by atoms with Gasteiger partial charge in [-0.25, -0.2) is 0 Å². The van der Waals surface area contributed by atoms with Gasteiger partial charge in [-0.3, -0.25) is 4.79 Å². The van der Waals surface area contributed by atoms with Crippen molar-refractivity contribution in [3.05, 3.63) is 0 Å². The van der Waals surface area contributed by atoms with Crippen LogP contribution in [0.3, 0.4) is 0 Å². The van der Waals surface area contributed by atoms with Gasteiger partial charge in [0.25, 0.3) is 0 Å². The number of likely N-dealkylation sites (tertiary alicyclic amines) is 1. The average Bonchev–Trinajstić information content (AvgIpc) is 3.05. The molecule has 1 unspecified atom stereocenters. The molecule has 1 heterocycles. The van der Waals surface area contributed by atoms with Gasteiger partial charge in [-0.2, -0.15) is 0 Å². The lowest BCUT2D eigenvalue weighted by Crippen LogP contribution is -2.43. The molecule has 102 valence electrons. The molecule has 1 saturated carbocycles. The van der Waals surface area contributed by atoms with Crippen molar-refractivity contribution in [1.29, 1.82) is 0 Å². The van der Waals surface area contributed by atoms with E-state index in [1.54, 1.807) is 4.90 Å². The molecule has 1 atom stereocenters. The lowest BCUT2D eigenvalue weighted by molar-refractivity contribution is -0.131. The maximum Gasteiger partial charge on any atom is 0.223 e. The van der Waals surface area contributed by atoms with Crippen LogP contribution in [-0.4, -0.2) is 34.4 Å². The maximum atomic E-state index is 12.2. The van der Waals surface area contributed by atoms with Crippen molar-refractivity contribution in [2.24, 2.45) is 16.8 Å². The van der Waals surface area contributed by atoms with Gasteiger partial charge in [0, 0.05) is 13.0 Å². The van der Waals surface area contributed by atoms with E-state index in [9.17, 15) is 4.79 Å². The van der Waals surface area contributed by atoms with E-state index in [-0.39, 0.29) is 17.8 Å². The second kappa shape index (κ2) is 6.07. The fourth-order valence-electron chi connectivity index (χ4n) is 3.21. The minimum absolute atomic E-state index is 0.163. The van der Waals surface area contributed by atoms with E-state index in [2.05, 4.69) is 5.16 Å². The van der Waals surface area contributed by atoms with E-state index in [0.29, 0.717) is 6.42 Å². The molecule has 2 aliphatic rings. The zero-order valence-corrected chi connectivity index (χ0v) is 10.8. The van der Waals surface area contributed by atoms with Gasteiger partial charge in [-0.15, -0.1) is 0 Å². The summed E-state index contributed by atoms with van der Waals surface area (Å²) in [7, 11) is 0.